The maximum atomic E-state index is 13.3. The monoisotopic (exact) mass is 435 g/mol. The molecule has 8 heteroatoms. The molecular weight excluding hydrogens is 422 g/mol. The van der Waals surface area contributed by atoms with Gasteiger partial charge in [-0.2, -0.15) is 0 Å². The Labute approximate surface area is 179 Å². The number of aromatic amines is 1. The van der Waals surface area contributed by atoms with Crippen LogP contribution in [0.2, 0.25) is 5.02 Å². The summed E-state index contributed by atoms with van der Waals surface area (Å²) in [6.07, 6.45) is 3.22. The predicted molar refractivity (Wildman–Crippen MR) is 120 cm³/mol. The number of aromatic nitrogens is 3. The number of ether oxygens (including phenoxy) is 1. The molecule has 0 amide bonds. The second-order valence-corrected chi connectivity index (χ2v) is 8.08. The molecular formula is C22H14ClN3O3S. The number of rotatable bonds is 3. The van der Waals surface area contributed by atoms with E-state index < -0.39 is 11.2 Å². The molecule has 0 fully saturated rings. The Morgan fingerprint density at radius 2 is 1.93 bits per heavy atom. The zero-order valence-electron chi connectivity index (χ0n) is 15.7. The lowest BCUT2D eigenvalue weighted by Crippen LogP contribution is -2.33. The van der Waals surface area contributed by atoms with Gasteiger partial charge in [0.1, 0.15) is 10.4 Å². The normalized spacial score (nSPS) is 11.3. The van der Waals surface area contributed by atoms with E-state index in [4.69, 9.17) is 16.3 Å². The summed E-state index contributed by atoms with van der Waals surface area (Å²) in [5, 5.41) is 2.11. The van der Waals surface area contributed by atoms with Crippen LogP contribution in [-0.2, 0) is 0 Å². The Morgan fingerprint density at radius 1 is 1.10 bits per heavy atom. The fourth-order valence-electron chi connectivity index (χ4n) is 3.54. The minimum Gasteiger partial charge on any atom is -0.496 e. The van der Waals surface area contributed by atoms with Crippen LogP contribution >= 0.6 is 22.9 Å². The van der Waals surface area contributed by atoms with Gasteiger partial charge in [0.05, 0.1) is 35.1 Å². The summed E-state index contributed by atoms with van der Waals surface area (Å²) in [5.74, 6) is 0.593. The molecule has 0 radical (unpaired) electrons. The summed E-state index contributed by atoms with van der Waals surface area (Å²) in [7, 11) is 1.56. The average Bonchev–Trinajstić information content (AvgIpc) is 3.17. The van der Waals surface area contributed by atoms with Crippen molar-refractivity contribution in [2.75, 3.05) is 7.11 Å². The lowest BCUT2D eigenvalue weighted by atomic mass is 10.1. The molecule has 3 heterocycles. The standard InChI is InChI=1S/C22H14ClN3O3S/c1-29-17-8-4-7-14(23)19(17)18-9-15-20(30-18)21(27)26(22(28)25-15)16-11-24-10-12-5-2-3-6-13(12)16/h2-11H,1H3,(H,25,28). The highest BCUT2D eigenvalue weighted by Gasteiger charge is 2.18. The first-order valence-corrected chi connectivity index (χ1v) is 10.2. The molecule has 0 aliphatic heterocycles. The van der Waals surface area contributed by atoms with E-state index in [-0.39, 0.29) is 0 Å². The molecule has 0 saturated carbocycles. The van der Waals surface area contributed by atoms with E-state index in [1.165, 1.54) is 17.5 Å². The summed E-state index contributed by atoms with van der Waals surface area (Å²) in [6, 6.07) is 14.6. The molecule has 0 aliphatic carbocycles. The molecule has 6 nitrogen and oxygen atoms in total. The molecule has 0 saturated heterocycles. The molecule has 0 aliphatic rings. The molecule has 148 valence electrons. The van der Waals surface area contributed by atoms with Crippen LogP contribution in [0.15, 0.2) is 70.5 Å². The van der Waals surface area contributed by atoms with Gasteiger partial charge in [-0.15, -0.1) is 11.3 Å². The minimum atomic E-state index is -0.527. The number of hydrogen-bond donors (Lipinski definition) is 1. The van der Waals surface area contributed by atoms with Gasteiger partial charge in [0, 0.05) is 21.8 Å². The largest absolute Gasteiger partial charge is 0.496 e. The van der Waals surface area contributed by atoms with Crippen LogP contribution in [0.5, 0.6) is 5.75 Å². The summed E-state index contributed by atoms with van der Waals surface area (Å²) < 4.78 is 6.97. The number of H-pyrrole nitrogens is 1. The number of nitrogens with zero attached hydrogens (tertiary/aromatic N) is 2. The third kappa shape index (κ3) is 2.82. The molecule has 5 rings (SSSR count). The Hall–Kier alpha value is -3.42. The van der Waals surface area contributed by atoms with Gasteiger partial charge in [0.25, 0.3) is 5.56 Å². The quantitative estimate of drug-likeness (QED) is 0.448. The Balaban J connectivity index is 1.80. The van der Waals surface area contributed by atoms with Crippen molar-refractivity contribution >= 4 is 43.9 Å². The smallest absolute Gasteiger partial charge is 0.333 e. The maximum absolute atomic E-state index is 13.3. The third-order valence-corrected chi connectivity index (χ3v) is 6.36. The number of benzene rings is 2. The number of nitrogens with one attached hydrogen (secondary N) is 1. The van der Waals surface area contributed by atoms with Crippen molar-refractivity contribution in [3.8, 4) is 21.9 Å². The summed E-state index contributed by atoms with van der Waals surface area (Å²) in [4.78, 5) is 33.9. The van der Waals surface area contributed by atoms with Gasteiger partial charge < -0.3 is 9.72 Å². The van der Waals surface area contributed by atoms with E-state index in [2.05, 4.69) is 9.97 Å². The summed E-state index contributed by atoms with van der Waals surface area (Å²) in [5.41, 5.74) is 0.639. The lowest BCUT2D eigenvalue weighted by Gasteiger charge is -2.08. The van der Waals surface area contributed by atoms with Crippen LogP contribution in [0.3, 0.4) is 0 Å². The fraction of sp³-hybridized carbons (Fsp3) is 0.0455. The number of halogens is 1. The SMILES string of the molecule is COc1cccc(Cl)c1-c1cc2[nH]c(=O)n(-c3cncc4ccccc34)c(=O)c2s1. The predicted octanol–water partition coefficient (Wildman–Crippen LogP) is 4.62. The van der Waals surface area contributed by atoms with E-state index in [1.807, 2.05) is 24.3 Å². The number of hydrogen-bond acceptors (Lipinski definition) is 5. The number of pyridine rings is 1. The molecule has 5 aromatic rings. The van der Waals surface area contributed by atoms with E-state index in [9.17, 15) is 9.59 Å². The zero-order chi connectivity index (χ0) is 20.8. The topological polar surface area (TPSA) is 77.0 Å². The fourth-order valence-corrected chi connectivity index (χ4v) is 4.97. The molecule has 3 aromatic heterocycles. The molecule has 30 heavy (non-hydrogen) atoms. The van der Waals surface area contributed by atoms with E-state index >= 15 is 0 Å². The van der Waals surface area contributed by atoms with Crippen LogP contribution < -0.4 is 16.0 Å². The third-order valence-electron chi connectivity index (χ3n) is 4.90. The van der Waals surface area contributed by atoms with Crippen LogP contribution in [0.1, 0.15) is 0 Å². The summed E-state index contributed by atoms with van der Waals surface area (Å²) in [6.45, 7) is 0. The Bertz CT molecular complexity index is 1550. The van der Waals surface area contributed by atoms with Crippen molar-refractivity contribution < 1.29 is 4.74 Å². The molecule has 0 atom stereocenters. The van der Waals surface area contributed by atoms with Gasteiger partial charge in [-0.1, -0.05) is 41.9 Å². The van der Waals surface area contributed by atoms with Crippen LogP contribution in [0, 0.1) is 0 Å². The van der Waals surface area contributed by atoms with Crippen LogP contribution in [-0.4, -0.2) is 21.6 Å². The number of thiophene rings is 1. The van der Waals surface area contributed by atoms with Gasteiger partial charge in [0.2, 0.25) is 0 Å². The highest BCUT2D eigenvalue weighted by Crippen LogP contribution is 2.41. The molecule has 1 N–H and O–H groups in total. The molecule has 0 spiro atoms. The molecule has 0 bridgehead atoms. The Morgan fingerprint density at radius 3 is 2.77 bits per heavy atom. The molecule has 0 unspecified atom stereocenters. The first-order chi connectivity index (χ1) is 14.6. The van der Waals surface area contributed by atoms with Crippen molar-refractivity contribution in [2.45, 2.75) is 0 Å². The minimum absolute atomic E-state index is 0.408. The first kappa shape index (κ1) is 18.6. The van der Waals surface area contributed by atoms with E-state index in [1.54, 1.807) is 37.6 Å². The van der Waals surface area contributed by atoms with Gasteiger partial charge in [-0.25, -0.2) is 9.36 Å². The second-order valence-electron chi connectivity index (χ2n) is 6.62. The molecule has 2 aromatic carbocycles. The zero-order valence-corrected chi connectivity index (χ0v) is 17.3. The van der Waals surface area contributed by atoms with Crippen molar-refractivity contribution in [3.05, 3.63) is 86.8 Å². The van der Waals surface area contributed by atoms with E-state index in [0.717, 1.165) is 20.2 Å². The maximum Gasteiger partial charge on any atom is 0.333 e. The highest BCUT2D eigenvalue weighted by molar-refractivity contribution is 7.22. The lowest BCUT2D eigenvalue weighted by molar-refractivity contribution is 0.416. The van der Waals surface area contributed by atoms with Crippen LogP contribution in [0.25, 0.3) is 37.1 Å². The van der Waals surface area contributed by atoms with Gasteiger partial charge >= 0.3 is 5.69 Å². The van der Waals surface area contributed by atoms with E-state index in [0.29, 0.717) is 32.2 Å². The number of fused-ring (bicyclic) bond motifs is 2. The van der Waals surface area contributed by atoms with Gasteiger partial charge in [-0.3, -0.25) is 9.78 Å². The summed E-state index contributed by atoms with van der Waals surface area (Å²) >= 11 is 7.65. The van der Waals surface area contributed by atoms with Crippen molar-refractivity contribution in [1.82, 2.24) is 14.5 Å². The average molecular weight is 436 g/mol. The van der Waals surface area contributed by atoms with Crippen LogP contribution in [0.4, 0.5) is 0 Å². The highest BCUT2D eigenvalue weighted by atomic mass is 35.5. The van der Waals surface area contributed by atoms with Crippen molar-refractivity contribution in [1.29, 1.82) is 0 Å². The van der Waals surface area contributed by atoms with Crippen molar-refractivity contribution in [3.63, 3.8) is 0 Å². The Kier molecular flexibility index (Phi) is 4.42. The van der Waals surface area contributed by atoms with Gasteiger partial charge in [-0.05, 0) is 18.2 Å². The first-order valence-electron chi connectivity index (χ1n) is 9.03. The van der Waals surface area contributed by atoms with Gasteiger partial charge in [0.15, 0.2) is 0 Å². The second kappa shape index (κ2) is 7.12. The van der Waals surface area contributed by atoms with Crippen molar-refractivity contribution in [2.24, 2.45) is 0 Å². The number of methoxy groups -OCH3 is 1.